The molecular weight excluding hydrogens is 352 g/mol. The van der Waals surface area contributed by atoms with Crippen molar-refractivity contribution >= 4 is 11.2 Å². The molecule has 0 aliphatic heterocycles. The van der Waals surface area contributed by atoms with Crippen LogP contribution in [0.4, 0.5) is 8.78 Å². The van der Waals surface area contributed by atoms with Crippen molar-refractivity contribution in [2.75, 3.05) is 0 Å². The molecule has 136 valence electrons. The maximum absolute atomic E-state index is 14.5. The number of imidazole rings is 1. The molecule has 0 bridgehead atoms. The van der Waals surface area contributed by atoms with E-state index in [1.54, 1.807) is 25.5 Å². The van der Waals surface area contributed by atoms with Crippen molar-refractivity contribution in [1.82, 2.24) is 24.1 Å². The summed E-state index contributed by atoms with van der Waals surface area (Å²) in [6, 6.07) is 4.28. The van der Waals surface area contributed by atoms with Crippen LogP contribution in [0.25, 0.3) is 22.3 Å². The molecule has 6 nitrogen and oxygen atoms in total. The normalized spacial score (nSPS) is 11.3. The van der Waals surface area contributed by atoms with Gasteiger partial charge in [0.1, 0.15) is 18.0 Å². The summed E-state index contributed by atoms with van der Waals surface area (Å²) in [7, 11) is 1.62. The third-order valence-electron chi connectivity index (χ3n) is 4.56. The molecule has 0 unspecified atom stereocenters. The highest BCUT2D eigenvalue weighted by atomic mass is 19.1. The van der Waals surface area contributed by atoms with Crippen molar-refractivity contribution in [2.45, 2.75) is 13.5 Å². The monoisotopic (exact) mass is 367 g/mol. The van der Waals surface area contributed by atoms with Gasteiger partial charge in [0.25, 0.3) is 0 Å². The quantitative estimate of drug-likeness (QED) is 0.559. The zero-order valence-electron chi connectivity index (χ0n) is 14.6. The number of benzene rings is 1. The van der Waals surface area contributed by atoms with E-state index in [2.05, 4.69) is 15.0 Å². The number of hydrogen-bond acceptors (Lipinski definition) is 4. The average molecular weight is 367 g/mol. The van der Waals surface area contributed by atoms with E-state index < -0.39 is 11.6 Å². The van der Waals surface area contributed by atoms with Crippen LogP contribution in [-0.2, 0) is 13.6 Å². The SMILES string of the molecule is Cc1c(F)ccc(-c2cnc3c(c2)n(Cc2cncnc2)c(=O)n3C)c1F. The molecule has 0 spiro atoms. The molecule has 0 aliphatic rings. The van der Waals surface area contributed by atoms with Crippen LogP contribution in [0.5, 0.6) is 0 Å². The highest BCUT2D eigenvalue weighted by Gasteiger charge is 2.16. The van der Waals surface area contributed by atoms with Crippen molar-refractivity contribution in [3.63, 3.8) is 0 Å². The first kappa shape index (κ1) is 17.0. The van der Waals surface area contributed by atoms with Crippen LogP contribution in [0.3, 0.4) is 0 Å². The van der Waals surface area contributed by atoms with Gasteiger partial charge in [-0.25, -0.2) is 28.5 Å². The molecule has 0 aliphatic carbocycles. The fourth-order valence-electron chi connectivity index (χ4n) is 3.06. The molecule has 8 heteroatoms. The summed E-state index contributed by atoms with van der Waals surface area (Å²) in [5.74, 6) is -1.25. The molecule has 4 aromatic rings. The van der Waals surface area contributed by atoms with Crippen LogP contribution >= 0.6 is 0 Å². The van der Waals surface area contributed by atoms with E-state index in [-0.39, 0.29) is 23.4 Å². The summed E-state index contributed by atoms with van der Waals surface area (Å²) in [6.07, 6.45) is 6.14. The maximum atomic E-state index is 14.5. The van der Waals surface area contributed by atoms with Gasteiger partial charge in [0.2, 0.25) is 0 Å². The van der Waals surface area contributed by atoms with Gasteiger partial charge in [-0.1, -0.05) is 0 Å². The van der Waals surface area contributed by atoms with Crippen molar-refractivity contribution in [1.29, 1.82) is 0 Å². The van der Waals surface area contributed by atoms with E-state index in [9.17, 15) is 13.6 Å². The van der Waals surface area contributed by atoms with Gasteiger partial charge in [-0.3, -0.25) is 9.13 Å². The molecule has 4 rings (SSSR count). The predicted molar refractivity (Wildman–Crippen MR) is 96.2 cm³/mol. The van der Waals surface area contributed by atoms with Gasteiger partial charge < -0.3 is 0 Å². The topological polar surface area (TPSA) is 65.6 Å². The lowest BCUT2D eigenvalue weighted by atomic mass is 10.0. The molecular formula is C19H15F2N5O. The Hall–Kier alpha value is -3.42. The molecule has 0 N–H and O–H groups in total. The second-order valence-corrected chi connectivity index (χ2v) is 6.28. The van der Waals surface area contributed by atoms with Crippen molar-refractivity contribution < 1.29 is 8.78 Å². The second kappa shape index (κ2) is 6.39. The summed E-state index contributed by atoms with van der Waals surface area (Å²) in [5, 5.41) is 0. The van der Waals surface area contributed by atoms with Crippen LogP contribution in [0.15, 0.2) is 47.9 Å². The lowest BCUT2D eigenvalue weighted by Crippen LogP contribution is -2.22. The van der Waals surface area contributed by atoms with Crippen LogP contribution in [0, 0.1) is 18.6 Å². The Kier molecular flexibility index (Phi) is 4.02. The van der Waals surface area contributed by atoms with Gasteiger partial charge in [-0.05, 0) is 25.1 Å². The van der Waals surface area contributed by atoms with E-state index in [1.807, 2.05) is 0 Å². The summed E-state index contributed by atoms with van der Waals surface area (Å²) < 4.78 is 31.0. The highest BCUT2D eigenvalue weighted by Crippen LogP contribution is 2.28. The van der Waals surface area contributed by atoms with Crippen LogP contribution in [0.2, 0.25) is 0 Å². The number of aromatic nitrogens is 5. The Morgan fingerprint density at radius 2 is 1.85 bits per heavy atom. The Labute approximate surface area is 152 Å². The largest absolute Gasteiger partial charge is 0.330 e. The molecule has 3 heterocycles. The number of rotatable bonds is 3. The Morgan fingerprint density at radius 1 is 1.11 bits per heavy atom. The first-order valence-corrected chi connectivity index (χ1v) is 8.21. The molecule has 3 aromatic heterocycles. The zero-order valence-corrected chi connectivity index (χ0v) is 14.6. The standard InChI is InChI=1S/C19H15F2N5O/c1-11-15(20)4-3-14(17(11)21)13-5-16-18(24-8-13)25(2)19(27)26(16)9-12-6-22-10-23-7-12/h3-8,10H,9H2,1-2H3. The van der Waals surface area contributed by atoms with Gasteiger partial charge in [-0.2, -0.15) is 0 Å². The average Bonchev–Trinajstić information content (AvgIpc) is 2.91. The van der Waals surface area contributed by atoms with E-state index >= 15 is 0 Å². The van der Waals surface area contributed by atoms with E-state index in [0.29, 0.717) is 16.7 Å². The molecule has 0 radical (unpaired) electrons. The number of fused-ring (bicyclic) bond motifs is 1. The minimum atomic E-state index is -0.641. The zero-order chi connectivity index (χ0) is 19.1. The number of hydrogen-bond donors (Lipinski definition) is 0. The predicted octanol–water partition coefficient (Wildman–Crippen LogP) is 2.83. The highest BCUT2D eigenvalue weighted by molar-refractivity contribution is 5.79. The van der Waals surface area contributed by atoms with E-state index in [0.717, 1.165) is 5.56 Å². The number of halogens is 2. The van der Waals surface area contributed by atoms with Crippen molar-refractivity contribution in [2.24, 2.45) is 7.05 Å². The first-order valence-electron chi connectivity index (χ1n) is 8.21. The number of pyridine rings is 1. The van der Waals surface area contributed by atoms with Gasteiger partial charge >= 0.3 is 5.69 Å². The number of nitrogens with zero attached hydrogens (tertiary/aromatic N) is 5. The molecule has 27 heavy (non-hydrogen) atoms. The summed E-state index contributed by atoms with van der Waals surface area (Å²) >= 11 is 0. The Morgan fingerprint density at radius 3 is 2.59 bits per heavy atom. The van der Waals surface area contributed by atoms with Crippen LogP contribution in [-0.4, -0.2) is 24.1 Å². The lowest BCUT2D eigenvalue weighted by molar-refractivity contribution is 0.570. The summed E-state index contributed by atoms with van der Waals surface area (Å²) in [4.78, 5) is 24.9. The summed E-state index contributed by atoms with van der Waals surface area (Å²) in [6.45, 7) is 1.64. The number of aryl methyl sites for hydroxylation is 1. The van der Waals surface area contributed by atoms with Gasteiger partial charge in [0.05, 0.1) is 12.1 Å². The maximum Gasteiger partial charge on any atom is 0.330 e. The fourth-order valence-corrected chi connectivity index (χ4v) is 3.06. The summed E-state index contributed by atoms with van der Waals surface area (Å²) in [5.41, 5.74) is 2.15. The Balaban J connectivity index is 1.91. The van der Waals surface area contributed by atoms with E-state index in [1.165, 1.54) is 40.7 Å². The second-order valence-electron chi connectivity index (χ2n) is 6.28. The first-order chi connectivity index (χ1) is 13.0. The lowest BCUT2D eigenvalue weighted by Gasteiger charge is -2.08. The fraction of sp³-hybridized carbons (Fsp3) is 0.158. The molecule has 1 aromatic carbocycles. The van der Waals surface area contributed by atoms with Crippen molar-refractivity contribution in [3.05, 3.63) is 76.4 Å². The van der Waals surface area contributed by atoms with Gasteiger partial charge in [0.15, 0.2) is 5.65 Å². The molecule has 0 saturated carbocycles. The minimum absolute atomic E-state index is 0.0560. The molecule has 0 atom stereocenters. The third-order valence-corrected chi connectivity index (χ3v) is 4.56. The molecule has 0 fully saturated rings. The van der Waals surface area contributed by atoms with Crippen LogP contribution < -0.4 is 5.69 Å². The van der Waals surface area contributed by atoms with Gasteiger partial charge in [-0.15, -0.1) is 0 Å². The van der Waals surface area contributed by atoms with Crippen molar-refractivity contribution in [3.8, 4) is 11.1 Å². The smallest absolute Gasteiger partial charge is 0.286 e. The van der Waals surface area contributed by atoms with Gasteiger partial charge in [0, 0.05) is 47.9 Å². The van der Waals surface area contributed by atoms with Crippen LogP contribution in [0.1, 0.15) is 11.1 Å². The van der Waals surface area contributed by atoms with E-state index in [4.69, 9.17) is 0 Å². The molecule has 0 saturated heterocycles. The minimum Gasteiger partial charge on any atom is -0.286 e. The molecule has 0 amide bonds. The Bertz CT molecular complexity index is 1210. The third kappa shape index (κ3) is 2.79.